The van der Waals surface area contributed by atoms with E-state index in [4.69, 9.17) is 0 Å². The summed E-state index contributed by atoms with van der Waals surface area (Å²) in [5.41, 5.74) is 4.09. The number of likely N-dealkylation sites (tertiary alicyclic amines) is 1. The van der Waals surface area contributed by atoms with Crippen molar-refractivity contribution in [2.45, 2.75) is 32.4 Å². The average Bonchev–Trinajstić information content (AvgIpc) is 2.75. The molecule has 0 aliphatic carbocycles. The number of carbonyl (C=O) groups excluding carboxylic acids is 1. The Morgan fingerprint density at radius 1 is 0.966 bits per heavy atom. The molecule has 0 bridgehead atoms. The summed E-state index contributed by atoms with van der Waals surface area (Å²) in [5, 5.41) is 0. The molecule has 0 saturated carbocycles. The molecule has 2 aliphatic heterocycles. The maximum Gasteiger partial charge on any atom is 0.237 e. The van der Waals surface area contributed by atoms with E-state index in [1.807, 2.05) is 4.90 Å². The fourth-order valence-corrected chi connectivity index (χ4v) is 4.73. The van der Waals surface area contributed by atoms with E-state index in [1.54, 1.807) is 0 Å². The number of piperidine rings is 1. The predicted octanol–water partition coefficient (Wildman–Crippen LogP) is 3.42. The molecule has 2 aromatic rings. The van der Waals surface area contributed by atoms with Crippen molar-refractivity contribution in [1.29, 1.82) is 0 Å². The van der Waals surface area contributed by atoms with Crippen molar-refractivity contribution < 1.29 is 4.79 Å². The van der Waals surface area contributed by atoms with Gasteiger partial charge < -0.3 is 9.80 Å². The third kappa shape index (κ3) is 5.46. The van der Waals surface area contributed by atoms with Crippen LogP contribution in [0.3, 0.4) is 0 Å². The van der Waals surface area contributed by atoms with Gasteiger partial charge >= 0.3 is 0 Å². The first-order valence-electron chi connectivity index (χ1n) is 11.0. The fraction of sp³-hybridized carbons (Fsp3) is 0.480. The van der Waals surface area contributed by atoms with Crippen molar-refractivity contribution in [3.05, 3.63) is 71.3 Å². The van der Waals surface area contributed by atoms with Crippen LogP contribution in [-0.2, 0) is 24.3 Å². The second-order valence-corrected chi connectivity index (χ2v) is 8.74. The van der Waals surface area contributed by atoms with Crippen LogP contribution in [0.1, 0.15) is 29.5 Å². The topological polar surface area (TPSA) is 26.8 Å². The van der Waals surface area contributed by atoms with Crippen molar-refractivity contribution in [1.82, 2.24) is 14.7 Å². The Bertz CT molecular complexity index is 799. The van der Waals surface area contributed by atoms with Crippen molar-refractivity contribution in [3.8, 4) is 0 Å². The van der Waals surface area contributed by atoms with Gasteiger partial charge in [-0.3, -0.25) is 9.69 Å². The quantitative estimate of drug-likeness (QED) is 0.755. The smallest absolute Gasteiger partial charge is 0.237 e. The Kier molecular flexibility index (Phi) is 6.63. The SMILES string of the molecule is CN(Cc1ccccc1)CC1CCN(CC(=O)N2CCc3ccccc3C2)CC1. The van der Waals surface area contributed by atoms with E-state index in [-0.39, 0.29) is 0 Å². The highest BCUT2D eigenvalue weighted by Crippen LogP contribution is 2.21. The van der Waals surface area contributed by atoms with Crippen LogP contribution in [0.4, 0.5) is 0 Å². The Hall–Kier alpha value is -2.17. The van der Waals surface area contributed by atoms with E-state index < -0.39 is 0 Å². The van der Waals surface area contributed by atoms with Crippen LogP contribution < -0.4 is 0 Å². The number of carbonyl (C=O) groups is 1. The Labute approximate surface area is 175 Å². The van der Waals surface area contributed by atoms with Crippen molar-refractivity contribution in [2.24, 2.45) is 5.92 Å². The van der Waals surface area contributed by atoms with Gasteiger partial charge in [-0.15, -0.1) is 0 Å². The van der Waals surface area contributed by atoms with Gasteiger partial charge in [0, 0.05) is 26.2 Å². The minimum absolute atomic E-state index is 0.291. The molecule has 4 nitrogen and oxygen atoms in total. The molecule has 29 heavy (non-hydrogen) atoms. The monoisotopic (exact) mass is 391 g/mol. The van der Waals surface area contributed by atoms with Gasteiger partial charge in [0.25, 0.3) is 0 Å². The molecule has 4 heteroatoms. The molecule has 154 valence electrons. The predicted molar refractivity (Wildman–Crippen MR) is 118 cm³/mol. The second-order valence-electron chi connectivity index (χ2n) is 8.74. The van der Waals surface area contributed by atoms with Crippen molar-refractivity contribution in [2.75, 3.05) is 39.8 Å². The van der Waals surface area contributed by atoms with Gasteiger partial charge in [-0.25, -0.2) is 0 Å². The first-order valence-corrected chi connectivity index (χ1v) is 11.0. The Morgan fingerprint density at radius 2 is 1.66 bits per heavy atom. The zero-order valence-corrected chi connectivity index (χ0v) is 17.6. The van der Waals surface area contributed by atoms with Crippen LogP contribution in [0.2, 0.25) is 0 Å². The molecule has 2 aromatic carbocycles. The Morgan fingerprint density at radius 3 is 2.41 bits per heavy atom. The number of fused-ring (bicyclic) bond motifs is 1. The minimum Gasteiger partial charge on any atom is -0.337 e. The average molecular weight is 392 g/mol. The summed E-state index contributed by atoms with van der Waals surface area (Å²) in [5.74, 6) is 1.02. The zero-order valence-electron chi connectivity index (χ0n) is 17.6. The highest BCUT2D eigenvalue weighted by molar-refractivity contribution is 5.78. The van der Waals surface area contributed by atoms with Crippen LogP contribution in [-0.4, -0.2) is 60.4 Å². The number of amides is 1. The molecule has 0 spiro atoms. The normalized spacial score (nSPS) is 18.1. The second kappa shape index (κ2) is 9.55. The number of hydrogen-bond acceptors (Lipinski definition) is 3. The van der Waals surface area contributed by atoms with E-state index >= 15 is 0 Å². The first-order chi connectivity index (χ1) is 14.2. The highest BCUT2D eigenvalue weighted by atomic mass is 16.2. The number of hydrogen-bond donors (Lipinski definition) is 0. The van der Waals surface area contributed by atoms with Gasteiger partial charge in [0.1, 0.15) is 0 Å². The molecule has 2 aliphatic rings. The van der Waals surface area contributed by atoms with Crippen molar-refractivity contribution in [3.63, 3.8) is 0 Å². The first kappa shape index (κ1) is 20.1. The van der Waals surface area contributed by atoms with Crippen molar-refractivity contribution >= 4 is 5.91 Å². The zero-order chi connectivity index (χ0) is 20.1. The van der Waals surface area contributed by atoms with Crippen LogP contribution >= 0.6 is 0 Å². The molecule has 1 fully saturated rings. The van der Waals surface area contributed by atoms with E-state index in [9.17, 15) is 4.79 Å². The summed E-state index contributed by atoms with van der Waals surface area (Å²) in [6.45, 7) is 6.44. The van der Waals surface area contributed by atoms with Crippen LogP contribution in [0.25, 0.3) is 0 Å². The molecular weight excluding hydrogens is 358 g/mol. The van der Waals surface area contributed by atoms with E-state index in [0.29, 0.717) is 12.5 Å². The minimum atomic E-state index is 0.291. The number of nitrogens with zero attached hydrogens (tertiary/aromatic N) is 3. The molecular formula is C25H33N3O. The third-order valence-electron chi connectivity index (χ3n) is 6.41. The maximum atomic E-state index is 12.8. The largest absolute Gasteiger partial charge is 0.337 e. The lowest BCUT2D eigenvalue weighted by Crippen LogP contribution is -2.45. The summed E-state index contributed by atoms with van der Waals surface area (Å²) < 4.78 is 0. The molecule has 4 rings (SSSR count). The van der Waals surface area contributed by atoms with Gasteiger partial charge in [0.15, 0.2) is 0 Å². The lowest BCUT2D eigenvalue weighted by atomic mass is 9.96. The maximum absolute atomic E-state index is 12.8. The van der Waals surface area contributed by atoms with Gasteiger partial charge in [-0.2, -0.15) is 0 Å². The summed E-state index contributed by atoms with van der Waals surface area (Å²) in [6, 6.07) is 19.2. The molecule has 1 amide bonds. The number of rotatable bonds is 6. The molecule has 0 atom stereocenters. The third-order valence-corrected chi connectivity index (χ3v) is 6.41. The molecule has 0 unspecified atom stereocenters. The standard InChI is InChI=1S/C25H33N3O/c1-26(17-21-7-3-2-4-8-21)18-22-11-14-27(15-12-22)20-25(29)28-16-13-23-9-5-6-10-24(23)19-28/h2-10,22H,11-20H2,1H3. The molecule has 1 saturated heterocycles. The highest BCUT2D eigenvalue weighted by Gasteiger charge is 2.25. The van der Waals surface area contributed by atoms with Gasteiger partial charge in [-0.1, -0.05) is 54.6 Å². The molecule has 0 N–H and O–H groups in total. The van der Waals surface area contributed by atoms with E-state index in [2.05, 4.69) is 71.4 Å². The lowest BCUT2D eigenvalue weighted by Gasteiger charge is -2.35. The van der Waals surface area contributed by atoms with Crippen LogP contribution in [0.15, 0.2) is 54.6 Å². The summed E-state index contributed by atoms with van der Waals surface area (Å²) in [4.78, 5) is 19.7. The van der Waals surface area contributed by atoms with E-state index in [0.717, 1.165) is 51.6 Å². The summed E-state index contributed by atoms with van der Waals surface area (Å²) in [6.07, 6.45) is 3.36. The number of benzene rings is 2. The van der Waals surface area contributed by atoms with Crippen LogP contribution in [0.5, 0.6) is 0 Å². The Balaban J connectivity index is 1.19. The van der Waals surface area contributed by atoms with Gasteiger partial charge in [-0.05, 0) is 62.0 Å². The van der Waals surface area contributed by atoms with Gasteiger partial charge in [0.2, 0.25) is 5.91 Å². The lowest BCUT2D eigenvalue weighted by molar-refractivity contribution is -0.133. The molecule has 0 radical (unpaired) electrons. The molecule has 0 aromatic heterocycles. The summed E-state index contributed by atoms with van der Waals surface area (Å²) >= 11 is 0. The van der Waals surface area contributed by atoms with Gasteiger partial charge in [0.05, 0.1) is 6.54 Å². The fourth-order valence-electron chi connectivity index (χ4n) is 4.73. The molecule has 2 heterocycles. The summed E-state index contributed by atoms with van der Waals surface area (Å²) in [7, 11) is 2.22. The van der Waals surface area contributed by atoms with E-state index in [1.165, 1.54) is 29.5 Å². The van der Waals surface area contributed by atoms with Crippen LogP contribution in [0, 0.1) is 5.92 Å².